The molecular formula is C20H19BrN2O. The fraction of sp³-hybridized carbons (Fsp3) is 0.400. The Bertz CT molecular complexity index is 765. The minimum absolute atomic E-state index is 0.227. The summed E-state index contributed by atoms with van der Waals surface area (Å²) >= 11 is 3.50. The Hall–Kier alpha value is -1.86. The Labute approximate surface area is 150 Å². The number of halogens is 1. The number of fused-ring (bicyclic) bond motifs is 2. The van der Waals surface area contributed by atoms with Crippen LogP contribution in [0.25, 0.3) is 0 Å². The second-order valence-corrected chi connectivity index (χ2v) is 7.85. The SMILES string of the molecule is N#CN=C1CC2(CCC3C=CC=CC3CC2)Oc2ccc(Br)cc21. The van der Waals surface area contributed by atoms with Crippen LogP contribution in [0.15, 0.2) is 52.0 Å². The standard InChI is InChI=1S/C20H19BrN2O/c21-16-5-6-19-17(11-16)18(23-13-22)12-20(24-19)9-7-14-3-1-2-4-15(14)8-10-20/h1-6,11,14-15H,7-10,12H2. The van der Waals surface area contributed by atoms with E-state index in [1.165, 1.54) is 0 Å². The minimum atomic E-state index is -0.227. The molecule has 1 aromatic rings. The van der Waals surface area contributed by atoms with Gasteiger partial charge < -0.3 is 4.74 Å². The lowest BCUT2D eigenvalue weighted by molar-refractivity contribution is 0.0533. The van der Waals surface area contributed by atoms with Gasteiger partial charge in [0.1, 0.15) is 11.4 Å². The van der Waals surface area contributed by atoms with Gasteiger partial charge >= 0.3 is 0 Å². The van der Waals surface area contributed by atoms with Crippen LogP contribution >= 0.6 is 15.9 Å². The number of hydrogen-bond acceptors (Lipinski definition) is 3. The van der Waals surface area contributed by atoms with Gasteiger partial charge in [0.05, 0.1) is 5.71 Å². The average molecular weight is 383 g/mol. The molecule has 122 valence electrons. The third-order valence-electron chi connectivity index (χ3n) is 5.50. The third-order valence-corrected chi connectivity index (χ3v) is 5.99. The summed E-state index contributed by atoms with van der Waals surface area (Å²) in [6, 6.07) is 5.98. The van der Waals surface area contributed by atoms with E-state index in [4.69, 9.17) is 10.00 Å². The van der Waals surface area contributed by atoms with Crippen LogP contribution in [0.3, 0.4) is 0 Å². The van der Waals surface area contributed by atoms with Crippen molar-refractivity contribution in [2.75, 3.05) is 0 Å². The lowest BCUT2D eigenvalue weighted by Crippen LogP contribution is -2.42. The summed E-state index contributed by atoms with van der Waals surface area (Å²) in [5.41, 5.74) is 1.57. The lowest BCUT2D eigenvalue weighted by Gasteiger charge is -2.38. The van der Waals surface area contributed by atoms with E-state index in [0.717, 1.165) is 53.6 Å². The largest absolute Gasteiger partial charge is 0.486 e. The Kier molecular flexibility index (Phi) is 4.05. The van der Waals surface area contributed by atoms with Gasteiger partial charge in [0.2, 0.25) is 6.19 Å². The molecule has 1 saturated carbocycles. The Morgan fingerprint density at radius 3 is 2.54 bits per heavy atom. The molecule has 0 amide bonds. The average Bonchev–Trinajstić information content (AvgIpc) is 2.77. The predicted octanol–water partition coefficient (Wildman–Crippen LogP) is 5.17. The van der Waals surface area contributed by atoms with Crippen molar-refractivity contribution >= 4 is 21.6 Å². The van der Waals surface area contributed by atoms with Gasteiger partial charge in [-0.3, -0.25) is 0 Å². The molecule has 2 unspecified atom stereocenters. The summed E-state index contributed by atoms with van der Waals surface area (Å²) < 4.78 is 7.50. The van der Waals surface area contributed by atoms with Gasteiger partial charge in [0, 0.05) is 16.5 Å². The van der Waals surface area contributed by atoms with E-state index in [9.17, 15) is 0 Å². The van der Waals surface area contributed by atoms with E-state index in [2.05, 4.69) is 45.2 Å². The molecule has 1 heterocycles. The number of allylic oxidation sites excluding steroid dienone is 4. The van der Waals surface area contributed by atoms with Gasteiger partial charge in [-0.1, -0.05) is 40.2 Å². The topological polar surface area (TPSA) is 45.4 Å². The molecule has 0 N–H and O–H groups in total. The molecule has 1 spiro atoms. The molecule has 3 nitrogen and oxygen atoms in total. The summed E-state index contributed by atoms with van der Waals surface area (Å²) in [4.78, 5) is 4.13. The van der Waals surface area contributed by atoms with Crippen molar-refractivity contribution < 1.29 is 4.74 Å². The maximum atomic E-state index is 9.12. The molecule has 4 heteroatoms. The van der Waals surface area contributed by atoms with E-state index in [1.807, 2.05) is 24.4 Å². The second-order valence-electron chi connectivity index (χ2n) is 6.94. The normalized spacial score (nSPS) is 32.6. The van der Waals surface area contributed by atoms with E-state index in [-0.39, 0.29) is 5.60 Å². The van der Waals surface area contributed by atoms with Crippen molar-refractivity contribution in [1.82, 2.24) is 0 Å². The molecule has 1 aromatic carbocycles. The molecule has 0 radical (unpaired) electrons. The van der Waals surface area contributed by atoms with Crippen LogP contribution < -0.4 is 4.74 Å². The predicted molar refractivity (Wildman–Crippen MR) is 98.0 cm³/mol. The smallest absolute Gasteiger partial charge is 0.205 e. The van der Waals surface area contributed by atoms with Crippen LogP contribution in [0, 0.1) is 23.3 Å². The van der Waals surface area contributed by atoms with Crippen molar-refractivity contribution in [3.63, 3.8) is 0 Å². The first-order valence-corrected chi connectivity index (χ1v) is 9.28. The molecule has 2 atom stereocenters. The van der Waals surface area contributed by atoms with Crippen LogP contribution in [-0.4, -0.2) is 11.3 Å². The molecule has 3 aliphatic rings. The van der Waals surface area contributed by atoms with Crippen molar-refractivity contribution in [3.8, 4) is 11.9 Å². The maximum absolute atomic E-state index is 9.12. The van der Waals surface area contributed by atoms with Gasteiger partial charge in [-0.25, -0.2) is 0 Å². The first-order valence-electron chi connectivity index (χ1n) is 8.49. The highest BCUT2D eigenvalue weighted by molar-refractivity contribution is 9.10. The number of nitrogens with zero attached hydrogens (tertiary/aromatic N) is 2. The highest BCUT2D eigenvalue weighted by Crippen LogP contribution is 2.45. The highest BCUT2D eigenvalue weighted by atomic mass is 79.9. The summed E-state index contributed by atoms with van der Waals surface area (Å²) in [5.74, 6) is 2.08. The Morgan fingerprint density at radius 1 is 1.17 bits per heavy atom. The third kappa shape index (κ3) is 2.82. The van der Waals surface area contributed by atoms with Crippen LogP contribution in [0.5, 0.6) is 5.75 Å². The molecule has 4 rings (SSSR count). The monoisotopic (exact) mass is 382 g/mol. The first-order chi connectivity index (χ1) is 11.7. The maximum Gasteiger partial charge on any atom is 0.205 e. The quantitative estimate of drug-likeness (QED) is 0.580. The van der Waals surface area contributed by atoms with Gasteiger partial charge in [-0.2, -0.15) is 10.3 Å². The van der Waals surface area contributed by atoms with Gasteiger partial charge in [-0.05, 0) is 55.7 Å². The van der Waals surface area contributed by atoms with E-state index >= 15 is 0 Å². The number of nitriles is 1. The highest BCUT2D eigenvalue weighted by Gasteiger charge is 2.42. The summed E-state index contributed by atoms with van der Waals surface area (Å²) in [6.07, 6.45) is 16.0. The minimum Gasteiger partial charge on any atom is -0.486 e. The molecule has 0 bridgehead atoms. The summed E-state index contributed by atoms with van der Waals surface area (Å²) in [5, 5.41) is 9.12. The molecule has 0 saturated heterocycles. The zero-order valence-electron chi connectivity index (χ0n) is 13.4. The number of aliphatic imine (C=N–C) groups is 1. The summed E-state index contributed by atoms with van der Waals surface area (Å²) in [7, 11) is 0. The molecule has 2 aliphatic carbocycles. The van der Waals surface area contributed by atoms with Crippen LogP contribution in [0.1, 0.15) is 37.7 Å². The van der Waals surface area contributed by atoms with Crippen molar-refractivity contribution in [2.45, 2.75) is 37.7 Å². The van der Waals surface area contributed by atoms with Crippen molar-refractivity contribution in [3.05, 3.63) is 52.5 Å². The van der Waals surface area contributed by atoms with Crippen LogP contribution in [0.2, 0.25) is 0 Å². The van der Waals surface area contributed by atoms with Gasteiger partial charge in [-0.15, -0.1) is 0 Å². The van der Waals surface area contributed by atoms with Gasteiger partial charge in [0.25, 0.3) is 0 Å². The zero-order chi connectivity index (χ0) is 16.6. The molecular weight excluding hydrogens is 364 g/mol. The fourth-order valence-corrected chi connectivity index (χ4v) is 4.59. The lowest BCUT2D eigenvalue weighted by atomic mass is 9.83. The van der Waals surface area contributed by atoms with E-state index in [0.29, 0.717) is 11.8 Å². The van der Waals surface area contributed by atoms with E-state index < -0.39 is 0 Å². The van der Waals surface area contributed by atoms with Crippen LogP contribution in [-0.2, 0) is 0 Å². The van der Waals surface area contributed by atoms with Crippen LogP contribution in [0.4, 0.5) is 0 Å². The number of rotatable bonds is 0. The fourth-order valence-electron chi connectivity index (χ4n) is 4.23. The Morgan fingerprint density at radius 2 is 1.88 bits per heavy atom. The molecule has 24 heavy (non-hydrogen) atoms. The number of benzene rings is 1. The molecule has 1 aliphatic heterocycles. The second kappa shape index (κ2) is 6.22. The van der Waals surface area contributed by atoms with E-state index in [1.54, 1.807) is 0 Å². The van der Waals surface area contributed by atoms with Crippen molar-refractivity contribution in [1.29, 1.82) is 5.26 Å². The van der Waals surface area contributed by atoms with Crippen molar-refractivity contribution in [2.24, 2.45) is 16.8 Å². The Balaban J connectivity index is 1.68. The van der Waals surface area contributed by atoms with Gasteiger partial charge in [0.15, 0.2) is 0 Å². The molecule has 1 fully saturated rings. The molecule has 0 aromatic heterocycles. The number of ether oxygens (including phenoxy) is 1. The summed E-state index contributed by atoms with van der Waals surface area (Å²) in [6.45, 7) is 0. The number of hydrogen-bond donors (Lipinski definition) is 0. The first kappa shape index (κ1) is 15.7. The zero-order valence-corrected chi connectivity index (χ0v) is 15.0.